The highest BCUT2D eigenvalue weighted by Gasteiger charge is 2.22. The Balaban J connectivity index is 1.96. The summed E-state index contributed by atoms with van der Waals surface area (Å²) >= 11 is 0. The van der Waals surface area contributed by atoms with Gasteiger partial charge in [0.15, 0.2) is 0 Å². The number of benzene rings is 1. The van der Waals surface area contributed by atoms with Gasteiger partial charge in [-0.25, -0.2) is 13.1 Å². The molecule has 1 aromatic rings. The quantitative estimate of drug-likeness (QED) is 0.560. The largest absolute Gasteiger partial charge is 0.495 e. The second kappa shape index (κ2) is 10.6. The van der Waals surface area contributed by atoms with E-state index in [4.69, 9.17) is 4.74 Å². The molecular formula is C20H31N3O5S. The number of sulfonamides is 1. The number of ether oxygens (including phenoxy) is 1. The van der Waals surface area contributed by atoms with Gasteiger partial charge in [-0.15, -0.1) is 0 Å². The molecule has 0 bridgehead atoms. The van der Waals surface area contributed by atoms with Crippen LogP contribution in [0.5, 0.6) is 5.75 Å². The Morgan fingerprint density at radius 2 is 1.86 bits per heavy atom. The van der Waals surface area contributed by atoms with Gasteiger partial charge in [-0.1, -0.05) is 19.3 Å². The first-order valence-electron chi connectivity index (χ1n) is 10.0. The highest BCUT2D eigenvalue weighted by molar-refractivity contribution is 7.89. The molecule has 3 N–H and O–H groups in total. The average molecular weight is 426 g/mol. The summed E-state index contributed by atoms with van der Waals surface area (Å²) in [6.45, 7) is 3.59. The van der Waals surface area contributed by atoms with Crippen LogP contribution in [0, 0.1) is 0 Å². The fourth-order valence-corrected chi connectivity index (χ4v) is 4.79. The second-order valence-electron chi connectivity index (χ2n) is 7.55. The number of hydrogen-bond acceptors (Lipinski definition) is 5. The fourth-order valence-electron chi connectivity index (χ4n) is 3.34. The number of nitrogens with one attached hydrogen (secondary N) is 3. The molecule has 8 nitrogen and oxygen atoms in total. The van der Waals surface area contributed by atoms with Crippen LogP contribution < -0.4 is 20.1 Å². The molecule has 0 atom stereocenters. The van der Waals surface area contributed by atoms with E-state index in [1.54, 1.807) is 13.8 Å². The zero-order chi connectivity index (χ0) is 21.4. The normalized spacial score (nSPS) is 15.2. The van der Waals surface area contributed by atoms with Gasteiger partial charge in [-0.2, -0.15) is 0 Å². The zero-order valence-corrected chi connectivity index (χ0v) is 18.1. The molecule has 0 heterocycles. The molecule has 9 heteroatoms. The maximum Gasteiger partial charge on any atom is 0.251 e. The van der Waals surface area contributed by atoms with Crippen molar-refractivity contribution in [1.82, 2.24) is 15.4 Å². The molecule has 0 radical (unpaired) electrons. The van der Waals surface area contributed by atoms with E-state index in [0.29, 0.717) is 0 Å². The summed E-state index contributed by atoms with van der Waals surface area (Å²) < 4.78 is 32.6. The minimum absolute atomic E-state index is 0.0867. The highest BCUT2D eigenvalue weighted by atomic mass is 32.2. The topological polar surface area (TPSA) is 114 Å². The van der Waals surface area contributed by atoms with E-state index >= 15 is 0 Å². The lowest BCUT2D eigenvalue weighted by atomic mass is 9.95. The van der Waals surface area contributed by atoms with Gasteiger partial charge in [0.25, 0.3) is 5.91 Å². The van der Waals surface area contributed by atoms with Gasteiger partial charge in [-0.3, -0.25) is 9.59 Å². The lowest BCUT2D eigenvalue weighted by Crippen LogP contribution is -2.38. The Kier molecular flexibility index (Phi) is 8.45. The first-order chi connectivity index (χ1) is 13.7. The van der Waals surface area contributed by atoms with Crippen LogP contribution in [-0.2, 0) is 14.8 Å². The summed E-state index contributed by atoms with van der Waals surface area (Å²) in [4.78, 5) is 24.4. The molecule has 29 heavy (non-hydrogen) atoms. The number of amides is 2. The van der Waals surface area contributed by atoms with E-state index in [-0.39, 0.29) is 47.2 Å². The molecule has 1 aliphatic rings. The number of carbonyl (C=O) groups is 2. The maximum absolute atomic E-state index is 12.5. The average Bonchev–Trinajstić information content (AvgIpc) is 2.67. The van der Waals surface area contributed by atoms with Crippen molar-refractivity contribution in [3.63, 3.8) is 0 Å². The lowest BCUT2D eigenvalue weighted by molar-refractivity contribution is -0.121. The van der Waals surface area contributed by atoms with E-state index < -0.39 is 15.9 Å². The first-order valence-corrected chi connectivity index (χ1v) is 11.5. The highest BCUT2D eigenvalue weighted by Crippen LogP contribution is 2.25. The molecule has 0 aromatic heterocycles. The van der Waals surface area contributed by atoms with Gasteiger partial charge >= 0.3 is 0 Å². The van der Waals surface area contributed by atoms with E-state index in [1.807, 2.05) is 0 Å². The molecule has 0 saturated heterocycles. The van der Waals surface area contributed by atoms with E-state index in [0.717, 1.165) is 25.7 Å². The monoisotopic (exact) mass is 425 g/mol. The Hall–Kier alpha value is -2.13. The summed E-state index contributed by atoms with van der Waals surface area (Å²) in [6, 6.07) is 4.14. The van der Waals surface area contributed by atoms with Gasteiger partial charge in [0.05, 0.1) is 7.11 Å². The van der Waals surface area contributed by atoms with Crippen LogP contribution in [0.3, 0.4) is 0 Å². The van der Waals surface area contributed by atoms with Crippen LogP contribution in [0.1, 0.15) is 62.7 Å². The van der Waals surface area contributed by atoms with Crippen molar-refractivity contribution in [3.05, 3.63) is 23.8 Å². The molecule has 0 spiro atoms. The molecule has 1 aromatic carbocycles. The lowest BCUT2D eigenvalue weighted by Gasteiger charge is -2.22. The van der Waals surface area contributed by atoms with Gasteiger partial charge in [0.1, 0.15) is 10.6 Å². The van der Waals surface area contributed by atoms with E-state index in [2.05, 4.69) is 15.4 Å². The molecule has 1 fully saturated rings. The van der Waals surface area contributed by atoms with E-state index in [9.17, 15) is 18.0 Å². The summed E-state index contributed by atoms with van der Waals surface area (Å²) in [5, 5.41) is 5.67. The molecule has 0 unspecified atom stereocenters. The third kappa shape index (κ3) is 7.01. The molecular weight excluding hydrogens is 394 g/mol. The Bertz CT molecular complexity index is 817. The maximum atomic E-state index is 12.5. The van der Waals surface area contributed by atoms with Crippen LogP contribution in [0.25, 0.3) is 0 Å². The van der Waals surface area contributed by atoms with Crippen molar-refractivity contribution in [2.24, 2.45) is 0 Å². The zero-order valence-electron chi connectivity index (χ0n) is 17.3. The number of carbonyl (C=O) groups excluding carboxylic acids is 2. The molecule has 0 aliphatic heterocycles. The standard InChI is InChI=1S/C20H31N3O5S/c1-14(2)23-29(26,27)18-13-15(9-10-17(18)28-3)20(25)21-12-11-19(24)22-16-7-5-4-6-8-16/h9-10,13-14,16,23H,4-8,11-12H2,1-3H3,(H,21,25)(H,22,24). The number of methoxy groups -OCH3 is 1. The molecule has 1 saturated carbocycles. The Labute approximate surface area is 172 Å². The van der Waals surface area contributed by atoms with Crippen LogP contribution in [0.2, 0.25) is 0 Å². The summed E-state index contributed by atoms with van der Waals surface area (Å²) in [7, 11) is -2.46. The number of rotatable bonds is 9. The van der Waals surface area contributed by atoms with E-state index in [1.165, 1.54) is 31.7 Å². The molecule has 162 valence electrons. The summed E-state index contributed by atoms with van der Waals surface area (Å²) in [5.74, 6) is -0.378. The fraction of sp³-hybridized carbons (Fsp3) is 0.600. The van der Waals surface area contributed by atoms with Gasteiger partial charge in [0.2, 0.25) is 15.9 Å². The first kappa shape index (κ1) is 23.2. The SMILES string of the molecule is COc1ccc(C(=O)NCCC(=O)NC2CCCCC2)cc1S(=O)(=O)NC(C)C. The summed E-state index contributed by atoms with van der Waals surface area (Å²) in [5.41, 5.74) is 0.183. The number of hydrogen-bond donors (Lipinski definition) is 3. The second-order valence-corrected chi connectivity index (χ2v) is 9.23. The summed E-state index contributed by atoms with van der Waals surface area (Å²) in [6.07, 6.45) is 5.68. The van der Waals surface area contributed by atoms with Crippen LogP contribution in [0.15, 0.2) is 23.1 Å². The van der Waals surface area contributed by atoms with Crippen molar-refractivity contribution in [2.45, 2.75) is 69.4 Å². The minimum Gasteiger partial charge on any atom is -0.495 e. The van der Waals surface area contributed by atoms with Crippen molar-refractivity contribution < 1.29 is 22.7 Å². The van der Waals surface area contributed by atoms with Gasteiger partial charge in [0, 0.05) is 30.6 Å². The molecule has 2 amide bonds. The molecule has 1 aliphatic carbocycles. The van der Waals surface area contributed by atoms with Crippen LogP contribution in [-0.4, -0.2) is 46.0 Å². The third-order valence-corrected chi connectivity index (χ3v) is 6.39. The molecule has 2 rings (SSSR count). The van der Waals surface area contributed by atoms with Crippen LogP contribution >= 0.6 is 0 Å². The van der Waals surface area contributed by atoms with Crippen LogP contribution in [0.4, 0.5) is 0 Å². The minimum atomic E-state index is -3.83. The van der Waals surface area contributed by atoms with Crippen molar-refractivity contribution in [2.75, 3.05) is 13.7 Å². The van der Waals surface area contributed by atoms with Crippen molar-refractivity contribution >= 4 is 21.8 Å². The third-order valence-electron chi connectivity index (χ3n) is 4.71. The Morgan fingerprint density at radius 1 is 1.17 bits per heavy atom. The van der Waals surface area contributed by atoms with Crippen molar-refractivity contribution in [3.8, 4) is 5.75 Å². The van der Waals surface area contributed by atoms with Gasteiger partial charge in [-0.05, 0) is 44.9 Å². The predicted molar refractivity (Wildman–Crippen MR) is 110 cm³/mol. The van der Waals surface area contributed by atoms with Gasteiger partial charge < -0.3 is 15.4 Å². The smallest absolute Gasteiger partial charge is 0.251 e. The Morgan fingerprint density at radius 3 is 2.48 bits per heavy atom. The predicted octanol–water partition coefficient (Wildman–Crippen LogP) is 1.95. The van der Waals surface area contributed by atoms with Crippen molar-refractivity contribution in [1.29, 1.82) is 0 Å².